The van der Waals surface area contributed by atoms with Gasteiger partial charge in [-0.25, -0.2) is 4.98 Å². The van der Waals surface area contributed by atoms with Gasteiger partial charge in [0.2, 0.25) is 0 Å². The monoisotopic (exact) mass is 418 g/mol. The molecule has 2 aromatic heterocycles. The van der Waals surface area contributed by atoms with Crippen molar-refractivity contribution >= 4 is 27.5 Å². The first-order chi connectivity index (χ1) is 14.7. The smallest absolute Gasteiger partial charge is 0.326 e. The van der Waals surface area contributed by atoms with Gasteiger partial charge >= 0.3 is 5.97 Å². The summed E-state index contributed by atoms with van der Waals surface area (Å²) in [5.74, 6) is -0.446. The van der Waals surface area contributed by atoms with Gasteiger partial charge in [0.25, 0.3) is 5.56 Å². The predicted octanol–water partition coefficient (Wildman–Crippen LogP) is 4.47. The maximum absolute atomic E-state index is 13.1. The Hall–Kier alpha value is -3.25. The minimum atomic E-state index is -0.446. The van der Waals surface area contributed by atoms with Gasteiger partial charge in [-0.2, -0.15) is 0 Å². The number of thiophene rings is 1. The van der Waals surface area contributed by atoms with E-state index in [1.165, 1.54) is 27.8 Å². The zero-order valence-electron chi connectivity index (χ0n) is 16.7. The van der Waals surface area contributed by atoms with Crippen LogP contribution in [-0.2, 0) is 28.9 Å². The molecule has 30 heavy (non-hydrogen) atoms. The number of esters is 1. The lowest BCUT2D eigenvalue weighted by atomic mass is 10.0. The molecular weight excluding hydrogens is 396 g/mol. The van der Waals surface area contributed by atoms with Gasteiger partial charge < -0.3 is 4.74 Å². The van der Waals surface area contributed by atoms with Crippen LogP contribution >= 0.6 is 11.3 Å². The van der Waals surface area contributed by atoms with Crippen molar-refractivity contribution in [3.8, 4) is 11.1 Å². The van der Waals surface area contributed by atoms with Gasteiger partial charge in [0.1, 0.15) is 11.4 Å². The molecule has 0 spiro atoms. The lowest BCUT2D eigenvalue weighted by Crippen LogP contribution is -2.26. The number of hydrogen-bond donors (Lipinski definition) is 0. The highest BCUT2D eigenvalue weighted by Crippen LogP contribution is 2.30. The third-order valence-electron chi connectivity index (χ3n) is 5.03. The van der Waals surface area contributed by atoms with Crippen molar-refractivity contribution in [2.75, 3.05) is 6.61 Å². The van der Waals surface area contributed by atoms with Crippen molar-refractivity contribution in [3.05, 3.63) is 87.8 Å². The van der Waals surface area contributed by atoms with Gasteiger partial charge in [0.05, 0.1) is 18.3 Å². The molecule has 0 atom stereocenters. The summed E-state index contributed by atoms with van der Waals surface area (Å²) in [6.45, 7) is 2.23. The number of hydrogen-bond acceptors (Lipinski definition) is 5. The molecule has 2 heterocycles. The van der Waals surface area contributed by atoms with Crippen LogP contribution in [0.3, 0.4) is 0 Å². The van der Waals surface area contributed by atoms with Crippen molar-refractivity contribution in [1.29, 1.82) is 0 Å². The number of fused-ring (bicyclic) bond motifs is 1. The first-order valence-electron chi connectivity index (χ1n) is 9.91. The Morgan fingerprint density at radius 1 is 1.07 bits per heavy atom. The molecule has 4 aromatic rings. The highest BCUT2D eigenvalue weighted by Gasteiger charge is 2.15. The highest BCUT2D eigenvalue weighted by molar-refractivity contribution is 7.17. The summed E-state index contributed by atoms with van der Waals surface area (Å²) < 4.78 is 6.64. The van der Waals surface area contributed by atoms with Crippen LogP contribution in [0.5, 0.6) is 0 Å². The lowest BCUT2D eigenvalue weighted by molar-refractivity contribution is -0.144. The number of ether oxygens (including phenoxy) is 1. The number of carbonyl (C=O) groups excluding carboxylic acids is 1. The third kappa shape index (κ3) is 4.33. The van der Waals surface area contributed by atoms with Gasteiger partial charge in [0, 0.05) is 17.4 Å². The summed E-state index contributed by atoms with van der Waals surface area (Å²) in [4.78, 5) is 30.4. The average Bonchev–Trinajstić information content (AvgIpc) is 3.21. The minimum absolute atomic E-state index is 0.152. The predicted molar refractivity (Wildman–Crippen MR) is 120 cm³/mol. The molecule has 0 aliphatic heterocycles. The van der Waals surface area contributed by atoms with E-state index in [-0.39, 0.29) is 18.7 Å². The molecule has 4 rings (SSSR count). The normalized spacial score (nSPS) is 11.0. The molecule has 5 nitrogen and oxygen atoms in total. The minimum Gasteiger partial charge on any atom is -0.464 e. The maximum atomic E-state index is 13.1. The van der Waals surface area contributed by atoms with E-state index >= 15 is 0 Å². The zero-order chi connectivity index (χ0) is 20.9. The summed E-state index contributed by atoms with van der Waals surface area (Å²) in [5, 5.41) is 2.49. The molecule has 0 amide bonds. The third-order valence-corrected chi connectivity index (χ3v) is 5.92. The largest absolute Gasteiger partial charge is 0.464 e. The van der Waals surface area contributed by atoms with Crippen molar-refractivity contribution in [3.63, 3.8) is 0 Å². The molecular formula is C24H22N2O3S. The Morgan fingerprint density at radius 2 is 1.83 bits per heavy atom. The van der Waals surface area contributed by atoms with E-state index in [0.29, 0.717) is 16.6 Å². The van der Waals surface area contributed by atoms with Crippen LogP contribution in [0, 0.1) is 0 Å². The Balaban J connectivity index is 1.51. The van der Waals surface area contributed by atoms with Crippen LogP contribution in [-0.4, -0.2) is 22.1 Å². The van der Waals surface area contributed by atoms with Crippen LogP contribution in [0.25, 0.3) is 21.3 Å². The van der Waals surface area contributed by atoms with E-state index < -0.39 is 5.97 Å². The van der Waals surface area contributed by atoms with E-state index in [1.807, 2.05) is 47.8 Å². The summed E-state index contributed by atoms with van der Waals surface area (Å²) in [6, 6.07) is 18.0. The molecule has 0 bridgehead atoms. The second-order valence-electron chi connectivity index (χ2n) is 7.01. The van der Waals surface area contributed by atoms with Crippen molar-refractivity contribution < 1.29 is 9.53 Å². The maximum Gasteiger partial charge on any atom is 0.326 e. The summed E-state index contributed by atoms with van der Waals surface area (Å²) in [5.41, 5.74) is 3.94. The summed E-state index contributed by atoms with van der Waals surface area (Å²) >= 11 is 1.43. The fraction of sp³-hybridized carbons (Fsp3) is 0.208. The first kappa shape index (κ1) is 20.0. The standard InChI is InChI=1S/C24H22N2O3S/c1-2-17-8-10-19(11-9-17)20-15-30-23-22(20)24(28)26(16-25-23)14-21(27)29-13-12-18-6-4-3-5-7-18/h3-11,15-16H,2,12-14H2,1H3. The average molecular weight is 419 g/mol. The van der Waals surface area contributed by atoms with Crippen LogP contribution in [0.4, 0.5) is 0 Å². The van der Waals surface area contributed by atoms with E-state index in [0.717, 1.165) is 23.1 Å². The SMILES string of the molecule is CCc1ccc(-c2csc3ncn(CC(=O)OCCc4ccccc4)c(=O)c23)cc1. The van der Waals surface area contributed by atoms with Gasteiger partial charge in [-0.1, -0.05) is 61.5 Å². The fourth-order valence-electron chi connectivity index (χ4n) is 3.32. The van der Waals surface area contributed by atoms with Crippen LogP contribution in [0.2, 0.25) is 0 Å². The fourth-order valence-corrected chi connectivity index (χ4v) is 4.23. The topological polar surface area (TPSA) is 61.2 Å². The molecule has 0 N–H and O–H groups in total. The zero-order valence-corrected chi connectivity index (χ0v) is 17.5. The Kier molecular flexibility index (Phi) is 6.05. The van der Waals surface area contributed by atoms with Crippen LogP contribution in [0.1, 0.15) is 18.1 Å². The Morgan fingerprint density at radius 3 is 2.57 bits per heavy atom. The summed E-state index contributed by atoms with van der Waals surface area (Å²) in [6.07, 6.45) is 3.02. The second-order valence-corrected chi connectivity index (χ2v) is 7.87. The van der Waals surface area contributed by atoms with Crippen molar-refractivity contribution in [2.45, 2.75) is 26.3 Å². The number of aromatic nitrogens is 2. The van der Waals surface area contributed by atoms with Gasteiger partial charge in [0.15, 0.2) is 0 Å². The Bertz CT molecular complexity index is 1210. The van der Waals surface area contributed by atoms with Gasteiger partial charge in [-0.05, 0) is 23.1 Å². The number of aryl methyl sites for hydroxylation is 1. The van der Waals surface area contributed by atoms with Crippen LogP contribution < -0.4 is 5.56 Å². The molecule has 0 aliphatic carbocycles. The Labute approximate surface area is 178 Å². The van der Waals surface area contributed by atoms with Crippen molar-refractivity contribution in [2.24, 2.45) is 0 Å². The first-order valence-corrected chi connectivity index (χ1v) is 10.8. The lowest BCUT2D eigenvalue weighted by Gasteiger charge is -2.08. The van der Waals surface area contributed by atoms with Gasteiger partial charge in [-0.15, -0.1) is 11.3 Å². The van der Waals surface area contributed by atoms with Gasteiger partial charge in [-0.3, -0.25) is 14.2 Å². The van der Waals surface area contributed by atoms with E-state index in [2.05, 4.69) is 24.0 Å². The molecule has 0 radical (unpaired) electrons. The van der Waals surface area contributed by atoms with Crippen LogP contribution in [0.15, 0.2) is 71.1 Å². The molecule has 6 heteroatoms. The summed E-state index contributed by atoms with van der Waals surface area (Å²) in [7, 11) is 0. The number of rotatable bonds is 7. The molecule has 0 saturated heterocycles. The van der Waals surface area contributed by atoms with E-state index in [4.69, 9.17) is 4.74 Å². The number of nitrogens with zero attached hydrogens (tertiary/aromatic N) is 2. The molecule has 0 aliphatic rings. The highest BCUT2D eigenvalue weighted by atomic mass is 32.1. The quantitative estimate of drug-likeness (QED) is 0.416. The molecule has 2 aromatic carbocycles. The van der Waals surface area contributed by atoms with E-state index in [1.54, 1.807) is 0 Å². The number of benzene rings is 2. The molecule has 0 fully saturated rings. The molecule has 0 unspecified atom stereocenters. The molecule has 0 saturated carbocycles. The number of carbonyl (C=O) groups is 1. The van der Waals surface area contributed by atoms with E-state index in [9.17, 15) is 9.59 Å². The van der Waals surface area contributed by atoms with Crippen molar-refractivity contribution in [1.82, 2.24) is 9.55 Å². The second kappa shape index (κ2) is 9.05. The molecule has 152 valence electrons.